The van der Waals surface area contributed by atoms with Gasteiger partial charge in [-0.25, -0.2) is 19.2 Å². The van der Waals surface area contributed by atoms with E-state index in [9.17, 15) is 27.2 Å². The summed E-state index contributed by atoms with van der Waals surface area (Å²) in [6.07, 6.45) is -2.38. The van der Waals surface area contributed by atoms with Gasteiger partial charge in [0.2, 0.25) is 5.95 Å². The third-order valence-electron chi connectivity index (χ3n) is 3.40. The quantitative estimate of drug-likeness (QED) is 0.477. The average Bonchev–Trinajstić information content (AvgIpc) is 2.48. The van der Waals surface area contributed by atoms with Gasteiger partial charge >= 0.3 is 18.1 Å². The molecule has 23 heavy (non-hydrogen) atoms. The van der Waals surface area contributed by atoms with Gasteiger partial charge in [0.1, 0.15) is 0 Å². The van der Waals surface area contributed by atoms with Crippen LogP contribution in [0.15, 0.2) is 12.4 Å². The van der Waals surface area contributed by atoms with Gasteiger partial charge in [0.25, 0.3) is 0 Å². The topological polar surface area (TPSA) is 72.4 Å². The minimum absolute atomic E-state index is 0.194. The number of hydrogen-bond acceptors (Lipinski definition) is 6. The van der Waals surface area contributed by atoms with Crippen molar-refractivity contribution < 1.29 is 31.9 Å². The van der Waals surface area contributed by atoms with E-state index in [-0.39, 0.29) is 12.3 Å². The van der Waals surface area contributed by atoms with Gasteiger partial charge in [-0.15, -0.1) is 0 Å². The zero-order valence-electron chi connectivity index (χ0n) is 11.8. The molecule has 0 aromatic carbocycles. The van der Waals surface area contributed by atoms with Gasteiger partial charge in [-0.1, -0.05) is 0 Å². The molecular weight excluding hydrogens is 322 g/mol. The number of alkyl halides is 3. The zero-order valence-corrected chi connectivity index (χ0v) is 11.8. The molecule has 0 bridgehead atoms. The molecule has 1 aromatic rings. The third kappa shape index (κ3) is 4.86. The van der Waals surface area contributed by atoms with Crippen LogP contribution in [0.4, 0.5) is 23.5 Å². The maximum atomic E-state index is 12.7. The van der Waals surface area contributed by atoms with Crippen LogP contribution in [0, 0.1) is 11.7 Å². The van der Waals surface area contributed by atoms with Gasteiger partial charge in [-0.2, -0.15) is 13.2 Å². The van der Waals surface area contributed by atoms with E-state index in [1.165, 1.54) is 0 Å². The molecule has 2 rings (SSSR count). The van der Waals surface area contributed by atoms with Crippen LogP contribution in [0.2, 0.25) is 0 Å². The van der Waals surface area contributed by atoms with E-state index in [0.29, 0.717) is 31.9 Å². The van der Waals surface area contributed by atoms with Crippen molar-refractivity contribution in [1.29, 1.82) is 0 Å². The fraction of sp³-hybridized carbons (Fsp3) is 0.538. The summed E-state index contributed by atoms with van der Waals surface area (Å²) in [6.45, 7) is 0.938. The van der Waals surface area contributed by atoms with Crippen molar-refractivity contribution in [3.05, 3.63) is 18.2 Å². The maximum absolute atomic E-state index is 12.7. The van der Waals surface area contributed by atoms with Crippen LogP contribution in [-0.4, -0.2) is 41.2 Å². The van der Waals surface area contributed by atoms with E-state index in [1.54, 1.807) is 4.90 Å². The number of carbonyl (C=O) groups is 2. The highest BCUT2D eigenvalue weighted by Gasteiger charge is 2.42. The number of ether oxygens (including phenoxy) is 1. The van der Waals surface area contributed by atoms with Gasteiger partial charge in [-0.05, 0) is 18.8 Å². The molecule has 1 aromatic heterocycles. The van der Waals surface area contributed by atoms with E-state index in [2.05, 4.69) is 14.7 Å². The SMILES string of the molecule is O=C(CC1CCN(c2ncc(F)cn2)CC1)OC(=O)C(F)(F)F. The van der Waals surface area contributed by atoms with E-state index >= 15 is 0 Å². The average molecular weight is 335 g/mol. The predicted octanol–water partition coefficient (Wildman–Crippen LogP) is 1.85. The summed E-state index contributed by atoms with van der Waals surface area (Å²) >= 11 is 0. The Morgan fingerprint density at radius 3 is 2.30 bits per heavy atom. The molecule has 0 atom stereocenters. The first kappa shape index (κ1) is 17.1. The second-order valence-electron chi connectivity index (χ2n) is 5.10. The molecule has 10 heteroatoms. The van der Waals surface area contributed by atoms with Gasteiger partial charge in [0, 0.05) is 19.5 Å². The second kappa shape index (κ2) is 6.88. The lowest BCUT2D eigenvalue weighted by molar-refractivity contribution is -0.202. The van der Waals surface area contributed by atoms with Crippen molar-refractivity contribution in [2.45, 2.75) is 25.4 Å². The number of piperidine rings is 1. The number of halogens is 4. The summed E-state index contributed by atoms with van der Waals surface area (Å²) in [6, 6.07) is 0. The fourth-order valence-electron chi connectivity index (χ4n) is 2.24. The normalized spacial score (nSPS) is 16.3. The summed E-state index contributed by atoms with van der Waals surface area (Å²) in [5, 5.41) is 0. The Morgan fingerprint density at radius 1 is 1.22 bits per heavy atom. The predicted molar refractivity (Wildman–Crippen MR) is 68.7 cm³/mol. The first-order valence-electron chi connectivity index (χ1n) is 6.80. The van der Waals surface area contributed by atoms with Crippen LogP contribution >= 0.6 is 0 Å². The van der Waals surface area contributed by atoms with E-state index in [4.69, 9.17) is 0 Å². The van der Waals surface area contributed by atoms with Crippen molar-refractivity contribution >= 4 is 17.9 Å². The highest BCUT2D eigenvalue weighted by atomic mass is 19.4. The van der Waals surface area contributed by atoms with Crippen molar-refractivity contribution in [3.63, 3.8) is 0 Å². The van der Waals surface area contributed by atoms with Crippen LogP contribution < -0.4 is 4.90 Å². The molecule has 126 valence electrons. The Kier molecular flexibility index (Phi) is 5.12. The largest absolute Gasteiger partial charge is 0.491 e. The lowest BCUT2D eigenvalue weighted by Crippen LogP contribution is -2.36. The Bertz CT molecular complexity index is 569. The molecule has 1 fully saturated rings. The van der Waals surface area contributed by atoms with Gasteiger partial charge in [-0.3, -0.25) is 4.79 Å². The van der Waals surface area contributed by atoms with Gasteiger partial charge in [0.05, 0.1) is 12.4 Å². The molecule has 6 nitrogen and oxygen atoms in total. The maximum Gasteiger partial charge on any atom is 0.491 e. The molecule has 0 N–H and O–H groups in total. The number of anilines is 1. The first-order chi connectivity index (χ1) is 10.8. The molecule has 2 heterocycles. The minimum atomic E-state index is -5.18. The van der Waals surface area contributed by atoms with E-state index in [1.807, 2.05) is 0 Å². The highest BCUT2D eigenvalue weighted by molar-refractivity contribution is 5.88. The number of esters is 2. The van der Waals surface area contributed by atoms with Crippen molar-refractivity contribution in [1.82, 2.24) is 9.97 Å². The van der Waals surface area contributed by atoms with Crippen molar-refractivity contribution in [3.8, 4) is 0 Å². The highest BCUT2D eigenvalue weighted by Crippen LogP contribution is 2.24. The zero-order chi connectivity index (χ0) is 17.0. The van der Waals surface area contributed by atoms with Gasteiger partial charge in [0.15, 0.2) is 5.82 Å². The summed E-state index contributed by atoms with van der Waals surface area (Å²) in [4.78, 5) is 31.3. The summed E-state index contributed by atoms with van der Waals surface area (Å²) in [5.74, 6) is -4.09. The Balaban J connectivity index is 1.79. The lowest BCUT2D eigenvalue weighted by atomic mass is 9.94. The minimum Gasteiger partial charge on any atom is -0.386 e. The smallest absolute Gasteiger partial charge is 0.386 e. The number of hydrogen-bond donors (Lipinski definition) is 0. The van der Waals surface area contributed by atoms with Crippen LogP contribution in [0.5, 0.6) is 0 Å². The summed E-state index contributed by atoms with van der Waals surface area (Å²) in [5.41, 5.74) is 0. The standard InChI is InChI=1S/C13H13F4N3O3/c14-9-6-18-12(19-7-9)20-3-1-8(2-4-20)5-10(21)23-11(22)13(15,16)17/h6-8H,1-5H2. The Labute approximate surface area is 128 Å². The summed E-state index contributed by atoms with van der Waals surface area (Å²) in [7, 11) is 0. The second-order valence-corrected chi connectivity index (χ2v) is 5.10. The van der Waals surface area contributed by atoms with Crippen molar-refractivity contribution in [2.24, 2.45) is 5.92 Å². The molecule has 0 aliphatic carbocycles. The molecule has 0 radical (unpaired) electrons. The fourth-order valence-corrected chi connectivity index (χ4v) is 2.24. The van der Waals surface area contributed by atoms with Crippen molar-refractivity contribution in [2.75, 3.05) is 18.0 Å². The molecule has 1 aliphatic rings. The molecule has 0 spiro atoms. The Morgan fingerprint density at radius 2 is 1.78 bits per heavy atom. The van der Waals surface area contributed by atoms with Crippen LogP contribution in [0.25, 0.3) is 0 Å². The van der Waals surface area contributed by atoms with Crippen LogP contribution in [0.1, 0.15) is 19.3 Å². The Hall–Kier alpha value is -2.26. The molecule has 0 amide bonds. The van der Waals surface area contributed by atoms with Gasteiger partial charge < -0.3 is 9.64 Å². The van der Waals surface area contributed by atoms with E-state index in [0.717, 1.165) is 12.4 Å². The first-order valence-corrected chi connectivity index (χ1v) is 6.80. The lowest BCUT2D eigenvalue weighted by Gasteiger charge is -2.31. The number of carbonyl (C=O) groups excluding carboxylic acids is 2. The summed E-state index contributed by atoms with van der Waals surface area (Å²) < 4.78 is 52.4. The molecule has 0 unspecified atom stereocenters. The van der Waals surface area contributed by atoms with E-state index < -0.39 is 23.9 Å². The van der Waals surface area contributed by atoms with Crippen LogP contribution in [0.3, 0.4) is 0 Å². The number of aromatic nitrogens is 2. The molecule has 0 saturated carbocycles. The molecular formula is C13H13F4N3O3. The molecule has 1 saturated heterocycles. The van der Waals surface area contributed by atoms with Crippen LogP contribution in [-0.2, 0) is 14.3 Å². The third-order valence-corrected chi connectivity index (χ3v) is 3.40. The monoisotopic (exact) mass is 335 g/mol. The number of nitrogens with zero attached hydrogens (tertiary/aromatic N) is 3. The molecule has 1 aliphatic heterocycles. The number of rotatable bonds is 3.